The van der Waals surface area contributed by atoms with Crippen LogP contribution in [-0.4, -0.2) is 34.7 Å². The van der Waals surface area contributed by atoms with Crippen LogP contribution in [0.3, 0.4) is 0 Å². The molecule has 1 rings (SSSR count). The van der Waals surface area contributed by atoms with Gasteiger partial charge in [0.2, 0.25) is 5.91 Å². The molecule has 0 aliphatic rings. The van der Waals surface area contributed by atoms with Crippen LogP contribution in [0.25, 0.3) is 0 Å². The van der Waals surface area contributed by atoms with E-state index in [2.05, 4.69) is 5.10 Å². The third-order valence-corrected chi connectivity index (χ3v) is 2.26. The summed E-state index contributed by atoms with van der Waals surface area (Å²) in [6, 6.07) is 0. The third-order valence-electron chi connectivity index (χ3n) is 2.26. The average molecular weight is 210 g/mol. The summed E-state index contributed by atoms with van der Waals surface area (Å²) in [4.78, 5) is 12.9. The molecule has 0 spiro atoms. The molecular weight excluding hydrogens is 192 g/mol. The summed E-state index contributed by atoms with van der Waals surface area (Å²) < 4.78 is 1.79. The van der Waals surface area contributed by atoms with E-state index in [0.717, 1.165) is 18.7 Å². The van der Waals surface area contributed by atoms with Crippen molar-refractivity contribution in [3.63, 3.8) is 0 Å². The van der Waals surface area contributed by atoms with Gasteiger partial charge in [0.25, 0.3) is 0 Å². The molecule has 0 atom stereocenters. The molecule has 1 aromatic rings. The molecule has 0 fully saturated rings. The molecule has 15 heavy (non-hydrogen) atoms. The highest BCUT2D eigenvalue weighted by molar-refractivity contribution is 5.75. The van der Waals surface area contributed by atoms with Crippen molar-refractivity contribution in [2.24, 2.45) is 0 Å². The van der Waals surface area contributed by atoms with Crippen LogP contribution < -0.4 is 5.73 Å². The summed E-state index contributed by atoms with van der Waals surface area (Å²) in [6.45, 7) is 2.61. The predicted octanol–water partition coefficient (Wildman–Crippen LogP) is 0.642. The van der Waals surface area contributed by atoms with E-state index in [1.54, 1.807) is 29.9 Å². The normalized spacial score (nSPS) is 10.3. The number of nitrogens with two attached hydrogens (primary N) is 1. The Hall–Kier alpha value is -1.52. The van der Waals surface area contributed by atoms with E-state index in [0.29, 0.717) is 12.1 Å². The highest BCUT2D eigenvalue weighted by Crippen LogP contribution is 2.07. The van der Waals surface area contributed by atoms with E-state index in [1.807, 2.05) is 6.92 Å². The lowest BCUT2D eigenvalue weighted by atomic mass is 10.3. The van der Waals surface area contributed by atoms with E-state index < -0.39 is 0 Å². The zero-order valence-corrected chi connectivity index (χ0v) is 9.53. The lowest BCUT2D eigenvalue weighted by Gasteiger charge is -2.09. The van der Waals surface area contributed by atoms with Crippen molar-refractivity contribution in [3.05, 3.63) is 11.9 Å². The molecule has 5 nitrogen and oxygen atoms in total. The fourth-order valence-electron chi connectivity index (χ4n) is 1.26. The standard InChI is InChI=1S/C10H18N4O/c1-8-9(11)7-14(12-8)6-4-5-10(15)13(2)3/h7H,4-6,11H2,1-3H3. The molecule has 5 heteroatoms. The first-order chi connectivity index (χ1) is 7.00. The van der Waals surface area contributed by atoms with E-state index in [4.69, 9.17) is 5.73 Å². The number of rotatable bonds is 4. The van der Waals surface area contributed by atoms with Crippen LogP contribution in [0.2, 0.25) is 0 Å². The van der Waals surface area contributed by atoms with Crippen LogP contribution in [0.5, 0.6) is 0 Å². The minimum Gasteiger partial charge on any atom is -0.396 e. The summed E-state index contributed by atoms with van der Waals surface area (Å²) in [5.41, 5.74) is 7.21. The molecule has 0 saturated carbocycles. The van der Waals surface area contributed by atoms with Gasteiger partial charge in [0.1, 0.15) is 0 Å². The van der Waals surface area contributed by atoms with E-state index in [1.165, 1.54) is 0 Å². The Bertz CT molecular complexity index is 324. The highest BCUT2D eigenvalue weighted by Gasteiger charge is 2.04. The van der Waals surface area contributed by atoms with Crippen molar-refractivity contribution in [2.75, 3.05) is 19.8 Å². The molecule has 0 saturated heterocycles. The maximum Gasteiger partial charge on any atom is 0.222 e. The topological polar surface area (TPSA) is 64.2 Å². The van der Waals surface area contributed by atoms with Crippen molar-refractivity contribution >= 4 is 11.6 Å². The number of nitrogen functional groups attached to an aromatic ring is 1. The number of nitrogens with zero attached hydrogens (tertiary/aromatic N) is 3. The van der Waals surface area contributed by atoms with Crippen LogP contribution >= 0.6 is 0 Å². The molecule has 0 aliphatic carbocycles. The SMILES string of the molecule is Cc1nn(CCCC(=O)N(C)C)cc1N. The minimum absolute atomic E-state index is 0.145. The number of carbonyl (C=O) groups excluding carboxylic acids is 1. The average Bonchev–Trinajstić information content (AvgIpc) is 2.46. The molecule has 0 radical (unpaired) electrons. The zero-order chi connectivity index (χ0) is 11.4. The van der Waals surface area contributed by atoms with E-state index in [9.17, 15) is 4.79 Å². The number of aromatic nitrogens is 2. The van der Waals surface area contributed by atoms with Gasteiger partial charge in [-0.3, -0.25) is 9.48 Å². The van der Waals surface area contributed by atoms with E-state index >= 15 is 0 Å². The van der Waals surface area contributed by atoms with Crippen LogP contribution in [0.1, 0.15) is 18.5 Å². The van der Waals surface area contributed by atoms with Gasteiger partial charge in [0.05, 0.1) is 11.4 Å². The largest absolute Gasteiger partial charge is 0.396 e. The van der Waals surface area contributed by atoms with Crippen LogP contribution in [0.15, 0.2) is 6.20 Å². The number of hydrogen-bond acceptors (Lipinski definition) is 3. The molecule has 1 heterocycles. The Kier molecular flexibility index (Phi) is 3.71. The Morgan fingerprint density at radius 3 is 2.73 bits per heavy atom. The van der Waals surface area contributed by atoms with Gasteiger partial charge in [-0.25, -0.2) is 0 Å². The predicted molar refractivity (Wildman–Crippen MR) is 59.3 cm³/mol. The molecule has 1 amide bonds. The number of amides is 1. The third kappa shape index (κ3) is 3.27. The Morgan fingerprint density at radius 2 is 2.27 bits per heavy atom. The number of hydrogen-bond donors (Lipinski definition) is 1. The van der Waals surface area contributed by atoms with Crippen molar-refractivity contribution in [3.8, 4) is 0 Å². The van der Waals surface area contributed by atoms with Gasteiger partial charge < -0.3 is 10.6 Å². The first kappa shape index (κ1) is 11.6. The molecule has 0 aromatic carbocycles. The zero-order valence-electron chi connectivity index (χ0n) is 9.53. The summed E-state index contributed by atoms with van der Waals surface area (Å²) in [6.07, 6.45) is 3.14. The van der Waals surface area contributed by atoms with Crippen LogP contribution in [0, 0.1) is 6.92 Å². The maximum atomic E-state index is 11.3. The Labute approximate surface area is 89.9 Å². The first-order valence-corrected chi connectivity index (χ1v) is 5.00. The van der Waals surface area contributed by atoms with Gasteiger partial charge in [-0.2, -0.15) is 5.10 Å². The summed E-state index contributed by atoms with van der Waals surface area (Å²) in [5.74, 6) is 0.145. The number of carbonyl (C=O) groups is 1. The van der Waals surface area contributed by atoms with Crippen LogP contribution in [0.4, 0.5) is 5.69 Å². The van der Waals surface area contributed by atoms with Crippen molar-refractivity contribution in [2.45, 2.75) is 26.3 Å². The fourth-order valence-corrected chi connectivity index (χ4v) is 1.26. The molecular formula is C10H18N4O. The second-order valence-electron chi connectivity index (χ2n) is 3.82. The second kappa shape index (κ2) is 4.82. The van der Waals surface area contributed by atoms with Gasteiger partial charge in [-0.05, 0) is 13.3 Å². The van der Waals surface area contributed by atoms with Gasteiger partial charge in [-0.1, -0.05) is 0 Å². The highest BCUT2D eigenvalue weighted by atomic mass is 16.2. The molecule has 0 unspecified atom stereocenters. The van der Waals surface area contributed by atoms with Crippen LogP contribution in [-0.2, 0) is 11.3 Å². The molecule has 1 aromatic heterocycles. The monoisotopic (exact) mass is 210 g/mol. The molecule has 0 aliphatic heterocycles. The lowest BCUT2D eigenvalue weighted by molar-refractivity contribution is -0.128. The van der Waals surface area contributed by atoms with Gasteiger partial charge >= 0.3 is 0 Å². The van der Waals surface area contributed by atoms with Crippen molar-refractivity contribution in [1.29, 1.82) is 0 Å². The first-order valence-electron chi connectivity index (χ1n) is 5.00. The Balaban J connectivity index is 2.35. The summed E-state index contributed by atoms with van der Waals surface area (Å²) in [5, 5.41) is 4.22. The van der Waals surface area contributed by atoms with Crippen molar-refractivity contribution < 1.29 is 4.79 Å². The minimum atomic E-state index is 0.145. The summed E-state index contributed by atoms with van der Waals surface area (Å²) >= 11 is 0. The number of aryl methyl sites for hydroxylation is 2. The fraction of sp³-hybridized carbons (Fsp3) is 0.600. The van der Waals surface area contributed by atoms with E-state index in [-0.39, 0.29) is 5.91 Å². The Morgan fingerprint density at radius 1 is 1.60 bits per heavy atom. The molecule has 84 valence electrons. The summed E-state index contributed by atoms with van der Waals surface area (Å²) in [7, 11) is 3.52. The second-order valence-corrected chi connectivity index (χ2v) is 3.82. The molecule has 2 N–H and O–H groups in total. The molecule has 0 bridgehead atoms. The van der Waals surface area contributed by atoms with Crippen molar-refractivity contribution in [1.82, 2.24) is 14.7 Å². The van der Waals surface area contributed by atoms with Gasteiger partial charge in [-0.15, -0.1) is 0 Å². The number of anilines is 1. The quantitative estimate of drug-likeness (QED) is 0.793. The maximum absolute atomic E-state index is 11.3. The lowest BCUT2D eigenvalue weighted by Crippen LogP contribution is -2.21. The smallest absolute Gasteiger partial charge is 0.222 e. The van der Waals surface area contributed by atoms with Gasteiger partial charge in [0.15, 0.2) is 0 Å². The van der Waals surface area contributed by atoms with Gasteiger partial charge in [0, 0.05) is 33.3 Å².